The first-order valence-corrected chi connectivity index (χ1v) is 6.60. The summed E-state index contributed by atoms with van der Waals surface area (Å²) in [4.78, 5) is 21.2. The number of fused-ring (bicyclic) bond motifs is 1. The largest absolute Gasteiger partial charge is 0.341 e. The average Bonchev–Trinajstić information content (AvgIpc) is 2.77. The summed E-state index contributed by atoms with van der Waals surface area (Å²) < 4.78 is 0.690. The van der Waals surface area contributed by atoms with E-state index in [2.05, 4.69) is 14.9 Å². The lowest BCUT2D eigenvalue weighted by atomic mass is 10.1. The van der Waals surface area contributed by atoms with Gasteiger partial charge in [0, 0.05) is 19.1 Å². The zero-order valence-corrected chi connectivity index (χ0v) is 10.2. The molecule has 6 heteroatoms. The monoisotopic (exact) mass is 250 g/mol. The fourth-order valence-corrected chi connectivity index (χ4v) is 2.94. The maximum absolute atomic E-state index is 11.8. The van der Waals surface area contributed by atoms with E-state index in [9.17, 15) is 4.79 Å². The van der Waals surface area contributed by atoms with Gasteiger partial charge in [0.15, 0.2) is 0 Å². The summed E-state index contributed by atoms with van der Waals surface area (Å²) >= 11 is 1.42. The summed E-state index contributed by atoms with van der Waals surface area (Å²) in [5.74, 6) is 0.649. The predicted molar refractivity (Wildman–Crippen MR) is 69.7 cm³/mol. The molecule has 3 heterocycles. The minimum absolute atomic E-state index is 0.0563. The Labute approximate surface area is 102 Å². The lowest BCUT2D eigenvalue weighted by Crippen LogP contribution is -2.44. The Morgan fingerprint density at radius 1 is 1.59 bits per heavy atom. The number of hydrogen-bond donors (Lipinski definition) is 2. The first-order valence-electron chi connectivity index (χ1n) is 5.72. The minimum atomic E-state index is -0.0563. The Morgan fingerprint density at radius 2 is 2.47 bits per heavy atom. The molecule has 90 valence electrons. The number of rotatable bonds is 1. The fraction of sp³-hybridized carbons (Fsp3) is 0.455. The standard InChI is InChI=1S/C11H14N4OS/c12-7-2-1-4-15(6-7)11-13-8-3-5-17-9(8)10(16)14-11/h3,5,7H,1-2,4,6,12H2,(H,13,14,16). The molecule has 3 N–H and O–H groups in total. The van der Waals surface area contributed by atoms with Gasteiger partial charge in [-0.15, -0.1) is 11.3 Å². The van der Waals surface area contributed by atoms with E-state index in [4.69, 9.17) is 5.73 Å². The van der Waals surface area contributed by atoms with E-state index in [0.29, 0.717) is 10.6 Å². The van der Waals surface area contributed by atoms with Gasteiger partial charge in [0.25, 0.3) is 5.56 Å². The molecule has 0 spiro atoms. The van der Waals surface area contributed by atoms with Gasteiger partial charge in [0.1, 0.15) is 4.70 Å². The van der Waals surface area contributed by atoms with E-state index in [1.807, 2.05) is 11.4 Å². The van der Waals surface area contributed by atoms with Gasteiger partial charge in [0.05, 0.1) is 5.52 Å². The van der Waals surface area contributed by atoms with Gasteiger partial charge in [0.2, 0.25) is 5.95 Å². The number of thiophene rings is 1. The molecule has 2 aromatic heterocycles. The van der Waals surface area contributed by atoms with Gasteiger partial charge in [-0.05, 0) is 24.3 Å². The highest BCUT2D eigenvalue weighted by Crippen LogP contribution is 2.19. The summed E-state index contributed by atoms with van der Waals surface area (Å²) in [6.07, 6.45) is 2.09. The van der Waals surface area contributed by atoms with Gasteiger partial charge in [-0.2, -0.15) is 0 Å². The zero-order chi connectivity index (χ0) is 11.8. The molecule has 1 aliphatic rings. The van der Waals surface area contributed by atoms with E-state index < -0.39 is 0 Å². The molecular weight excluding hydrogens is 236 g/mol. The lowest BCUT2D eigenvalue weighted by molar-refractivity contribution is 0.500. The topological polar surface area (TPSA) is 75.0 Å². The quantitative estimate of drug-likeness (QED) is 0.789. The molecule has 2 aromatic rings. The van der Waals surface area contributed by atoms with Crippen molar-refractivity contribution in [2.45, 2.75) is 18.9 Å². The van der Waals surface area contributed by atoms with E-state index >= 15 is 0 Å². The minimum Gasteiger partial charge on any atom is -0.341 e. The molecule has 1 atom stereocenters. The molecule has 1 fully saturated rings. The van der Waals surface area contributed by atoms with E-state index in [1.165, 1.54) is 11.3 Å². The van der Waals surface area contributed by atoms with Crippen molar-refractivity contribution >= 4 is 27.5 Å². The van der Waals surface area contributed by atoms with Gasteiger partial charge in [-0.25, -0.2) is 4.98 Å². The van der Waals surface area contributed by atoms with E-state index in [0.717, 1.165) is 31.4 Å². The summed E-state index contributed by atoms with van der Waals surface area (Å²) in [5, 5.41) is 1.89. The van der Waals surface area contributed by atoms with Crippen LogP contribution < -0.4 is 16.2 Å². The number of nitrogens with two attached hydrogens (primary N) is 1. The predicted octanol–water partition coefficient (Wildman–Crippen LogP) is 0.912. The van der Waals surface area contributed by atoms with Crippen molar-refractivity contribution in [1.82, 2.24) is 9.97 Å². The third kappa shape index (κ3) is 1.94. The smallest absolute Gasteiger partial charge is 0.270 e. The van der Waals surface area contributed by atoms with Crippen LogP contribution in [0.3, 0.4) is 0 Å². The van der Waals surface area contributed by atoms with Crippen LogP contribution in [0.2, 0.25) is 0 Å². The van der Waals surface area contributed by atoms with Crippen LogP contribution in [-0.2, 0) is 0 Å². The van der Waals surface area contributed by atoms with Gasteiger partial charge < -0.3 is 10.6 Å². The third-order valence-corrected chi connectivity index (χ3v) is 3.96. The number of anilines is 1. The fourth-order valence-electron chi connectivity index (χ4n) is 2.21. The van der Waals surface area contributed by atoms with Crippen molar-refractivity contribution in [2.24, 2.45) is 5.73 Å². The number of aromatic amines is 1. The molecule has 17 heavy (non-hydrogen) atoms. The van der Waals surface area contributed by atoms with Gasteiger partial charge in [-0.1, -0.05) is 0 Å². The highest BCUT2D eigenvalue weighted by atomic mass is 32.1. The van der Waals surface area contributed by atoms with Crippen molar-refractivity contribution in [1.29, 1.82) is 0 Å². The Balaban J connectivity index is 2.02. The molecule has 5 nitrogen and oxygen atoms in total. The van der Waals surface area contributed by atoms with Crippen LogP contribution in [0.25, 0.3) is 10.2 Å². The second-order valence-electron chi connectivity index (χ2n) is 4.37. The van der Waals surface area contributed by atoms with Crippen LogP contribution in [0.15, 0.2) is 16.2 Å². The van der Waals surface area contributed by atoms with Gasteiger partial charge >= 0.3 is 0 Å². The molecule has 3 rings (SSSR count). The number of H-pyrrole nitrogens is 1. The summed E-state index contributed by atoms with van der Waals surface area (Å²) in [7, 11) is 0. The number of nitrogens with zero attached hydrogens (tertiary/aromatic N) is 2. The molecular formula is C11H14N4OS. The second-order valence-corrected chi connectivity index (χ2v) is 5.29. The van der Waals surface area contributed by atoms with Crippen molar-refractivity contribution in [3.05, 3.63) is 21.8 Å². The lowest BCUT2D eigenvalue weighted by Gasteiger charge is -2.30. The Morgan fingerprint density at radius 3 is 3.29 bits per heavy atom. The Hall–Kier alpha value is -1.40. The first kappa shape index (κ1) is 10.7. The molecule has 0 bridgehead atoms. The SMILES string of the molecule is NC1CCCN(c2nc3ccsc3c(=O)[nH]2)C1. The van der Waals surface area contributed by atoms with Crippen molar-refractivity contribution < 1.29 is 0 Å². The van der Waals surface area contributed by atoms with Crippen LogP contribution >= 0.6 is 11.3 Å². The molecule has 1 saturated heterocycles. The molecule has 1 aliphatic heterocycles. The Kier molecular flexibility index (Phi) is 2.60. The molecule has 0 aliphatic carbocycles. The van der Waals surface area contributed by atoms with Crippen LogP contribution in [0.1, 0.15) is 12.8 Å². The number of aromatic nitrogens is 2. The molecule has 0 aromatic carbocycles. The van der Waals surface area contributed by atoms with E-state index in [1.54, 1.807) is 0 Å². The zero-order valence-electron chi connectivity index (χ0n) is 9.35. The molecule has 0 saturated carbocycles. The van der Waals surface area contributed by atoms with Crippen LogP contribution in [0.4, 0.5) is 5.95 Å². The highest BCUT2D eigenvalue weighted by Gasteiger charge is 2.19. The van der Waals surface area contributed by atoms with E-state index in [-0.39, 0.29) is 11.6 Å². The van der Waals surface area contributed by atoms with Crippen LogP contribution in [0, 0.1) is 0 Å². The normalized spacial score (nSPS) is 21.0. The number of hydrogen-bond acceptors (Lipinski definition) is 5. The summed E-state index contributed by atoms with van der Waals surface area (Å²) in [5.41, 5.74) is 6.65. The van der Waals surface area contributed by atoms with Crippen molar-refractivity contribution in [3.8, 4) is 0 Å². The van der Waals surface area contributed by atoms with Crippen molar-refractivity contribution in [2.75, 3.05) is 18.0 Å². The Bertz CT molecular complexity index is 590. The maximum atomic E-state index is 11.8. The second kappa shape index (κ2) is 4.12. The van der Waals surface area contributed by atoms with Crippen LogP contribution in [0.5, 0.6) is 0 Å². The molecule has 0 amide bonds. The summed E-state index contributed by atoms with van der Waals surface area (Å²) in [6.45, 7) is 1.67. The number of nitrogens with one attached hydrogen (secondary N) is 1. The van der Waals surface area contributed by atoms with Gasteiger partial charge in [-0.3, -0.25) is 9.78 Å². The van der Waals surface area contributed by atoms with Crippen LogP contribution in [-0.4, -0.2) is 29.1 Å². The first-order chi connectivity index (χ1) is 8.24. The average molecular weight is 250 g/mol. The molecule has 0 radical (unpaired) electrons. The molecule has 1 unspecified atom stereocenters. The van der Waals surface area contributed by atoms with Crippen molar-refractivity contribution in [3.63, 3.8) is 0 Å². The third-order valence-electron chi connectivity index (χ3n) is 3.06. The maximum Gasteiger partial charge on any atom is 0.270 e. The highest BCUT2D eigenvalue weighted by molar-refractivity contribution is 7.17. The number of piperidine rings is 1. The summed E-state index contributed by atoms with van der Waals surface area (Å²) in [6, 6.07) is 2.05.